The third-order valence-corrected chi connectivity index (χ3v) is 3.48. The lowest BCUT2D eigenvalue weighted by Gasteiger charge is -2.37. The number of aliphatic hydroxyl groups is 1. The van der Waals surface area contributed by atoms with Crippen LogP contribution in [0.5, 0.6) is 0 Å². The van der Waals surface area contributed by atoms with Crippen LogP contribution < -0.4 is 5.32 Å². The Hall–Kier alpha value is -0.630. The minimum absolute atomic E-state index is 0.190. The summed E-state index contributed by atoms with van der Waals surface area (Å²) in [4.78, 5) is 2.20. The van der Waals surface area contributed by atoms with Crippen LogP contribution in [0.25, 0.3) is 0 Å². The van der Waals surface area contributed by atoms with Gasteiger partial charge in [0.1, 0.15) is 0 Å². The minimum atomic E-state index is -0.190. The Balaban J connectivity index is 2.49. The van der Waals surface area contributed by atoms with E-state index >= 15 is 0 Å². The first-order valence-corrected chi connectivity index (χ1v) is 6.70. The van der Waals surface area contributed by atoms with Crippen molar-refractivity contribution in [2.24, 2.45) is 5.92 Å². The second-order valence-corrected chi connectivity index (χ2v) is 5.01. The molecule has 1 saturated heterocycles. The molecule has 0 radical (unpaired) electrons. The molecule has 3 unspecified atom stereocenters. The van der Waals surface area contributed by atoms with Crippen LogP contribution in [-0.2, 0) is 0 Å². The van der Waals surface area contributed by atoms with Crippen molar-refractivity contribution in [3.05, 3.63) is 0 Å². The highest BCUT2D eigenvalue weighted by Crippen LogP contribution is 2.22. The van der Waals surface area contributed by atoms with Crippen molar-refractivity contribution in [1.82, 2.24) is 10.2 Å². The molecule has 3 atom stereocenters. The number of hydrogen-bond donors (Lipinski definition) is 2. The molecule has 0 bridgehead atoms. The third-order valence-electron chi connectivity index (χ3n) is 3.48. The molecule has 0 aromatic heterocycles. The lowest BCUT2D eigenvalue weighted by atomic mass is 9.89. The van der Waals surface area contributed by atoms with E-state index in [1.165, 1.54) is 0 Å². The Labute approximate surface area is 105 Å². The summed E-state index contributed by atoms with van der Waals surface area (Å²) in [5, 5.41) is 22.0. The summed E-state index contributed by atoms with van der Waals surface area (Å²) in [6, 6.07) is 2.69. The van der Waals surface area contributed by atoms with Crippen molar-refractivity contribution < 1.29 is 5.11 Å². The smallest absolute Gasteiger partial charge is 0.0866 e. The molecule has 0 aliphatic carbocycles. The van der Waals surface area contributed by atoms with E-state index in [0.29, 0.717) is 18.5 Å². The minimum Gasteiger partial charge on any atom is -0.393 e. The molecular weight excluding hydrogens is 214 g/mol. The Morgan fingerprint density at radius 1 is 1.47 bits per heavy atom. The Bertz CT molecular complexity index is 252. The molecule has 4 heteroatoms. The molecule has 0 spiro atoms. The van der Waals surface area contributed by atoms with Crippen LogP contribution in [0.1, 0.15) is 33.1 Å². The second-order valence-electron chi connectivity index (χ2n) is 5.01. The first-order chi connectivity index (χ1) is 8.19. The normalized spacial score (nSPS) is 27.6. The number of nitrogens with zero attached hydrogens (tertiary/aromatic N) is 2. The number of aliphatic hydroxyl groups excluding tert-OH is 1. The van der Waals surface area contributed by atoms with E-state index in [1.54, 1.807) is 0 Å². The summed E-state index contributed by atoms with van der Waals surface area (Å²) in [5.41, 5.74) is 0. The largest absolute Gasteiger partial charge is 0.393 e. The summed E-state index contributed by atoms with van der Waals surface area (Å²) in [5.74, 6) is 0.510. The molecule has 0 saturated carbocycles. The molecule has 1 aliphatic rings. The zero-order valence-electron chi connectivity index (χ0n) is 11.0. The quantitative estimate of drug-likeness (QED) is 0.678. The van der Waals surface area contributed by atoms with E-state index in [0.717, 1.165) is 38.9 Å². The zero-order valence-corrected chi connectivity index (χ0v) is 11.0. The van der Waals surface area contributed by atoms with Gasteiger partial charge in [0.15, 0.2) is 0 Å². The lowest BCUT2D eigenvalue weighted by Crippen LogP contribution is -2.49. The first kappa shape index (κ1) is 14.4. The van der Waals surface area contributed by atoms with Gasteiger partial charge in [0.05, 0.1) is 18.7 Å². The van der Waals surface area contributed by atoms with Gasteiger partial charge in [0, 0.05) is 19.1 Å². The maximum atomic E-state index is 9.74. The average molecular weight is 239 g/mol. The number of hydrogen-bond acceptors (Lipinski definition) is 4. The number of nitriles is 1. The predicted molar refractivity (Wildman–Crippen MR) is 68.5 cm³/mol. The molecule has 0 aromatic rings. The van der Waals surface area contributed by atoms with E-state index in [2.05, 4.69) is 23.2 Å². The zero-order chi connectivity index (χ0) is 12.7. The average Bonchev–Trinajstić information content (AvgIpc) is 2.29. The van der Waals surface area contributed by atoms with E-state index < -0.39 is 0 Å². The van der Waals surface area contributed by atoms with Crippen molar-refractivity contribution in [1.29, 1.82) is 5.26 Å². The molecule has 0 aromatic carbocycles. The van der Waals surface area contributed by atoms with Crippen LogP contribution in [0, 0.1) is 17.2 Å². The van der Waals surface area contributed by atoms with Gasteiger partial charge in [0.25, 0.3) is 0 Å². The van der Waals surface area contributed by atoms with Gasteiger partial charge >= 0.3 is 0 Å². The highest BCUT2D eigenvalue weighted by molar-refractivity contribution is 4.88. The van der Waals surface area contributed by atoms with Crippen molar-refractivity contribution in [2.45, 2.75) is 45.3 Å². The molecule has 2 N–H and O–H groups in total. The van der Waals surface area contributed by atoms with Gasteiger partial charge in [-0.05, 0) is 31.7 Å². The summed E-state index contributed by atoms with van der Waals surface area (Å²) >= 11 is 0. The molecule has 1 aliphatic heterocycles. The highest BCUT2D eigenvalue weighted by atomic mass is 16.3. The second kappa shape index (κ2) is 7.65. The van der Waals surface area contributed by atoms with Crippen LogP contribution >= 0.6 is 0 Å². The molecule has 1 fully saturated rings. The topological polar surface area (TPSA) is 59.3 Å². The van der Waals surface area contributed by atoms with Gasteiger partial charge in [-0.3, -0.25) is 4.90 Å². The molecule has 98 valence electrons. The van der Waals surface area contributed by atoms with E-state index in [4.69, 9.17) is 5.26 Å². The van der Waals surface area contributed by atoms with Crippen molar-refractivity contribution in [3.63, 3.8) is 0 Å². The number of likely N-dealkylation sites (tertiary alicyclic amines) is 1. The van der Waals surface area contributed by atoms with Crippen molar-refractivity contribution >= 4 is 0 Å². The summed E-state index contributed by atoms with van der Waals surface area (Å²) < 4.78 is 0. The SMILES string of the molecule is CCNC1CC(CC(O)CC)CN(CC#N)C1. The monoisotopic (exact) mass is 239 g/mol. The predicted octanol–water partition coefficient (Wildman–Crippen LogP) is 0.971. The molecular formula is C13H25N3O. The Morgan fingerprint density at radius 3 is 2.82 bits per heavy atom. The number of nitrogens with one attached hydrogen (secondary N) is 1. The molecule has 0 amide bonds. The number of likely N-dealkylation sites (N-methyl/N-ethyl adjacent to an activating group) is 1. The van der Waals surface area contributed by atoms with Crippen LogP contribution in [-0.4, -0.2) is 48.3 Å². The van der Waals surface area contributed by atoms with E-state index in [9.17, 15) is 5.11 Å². The number of piperidine rings is 1. The standard InChI is InChI=1S/C13H25N3O/c1-3-13(17)8-11-7-12(15-4-2)10-16(9-11)6-5-14/h11-13,15,17H,3-4,6-10H2,1-2H3. The van der Waals surface area contributed by atoms with Gasteiger partial charge in [-0.1, -0.05) is 13.8 Å². The Morgan fingerprint density at radius 2 is 2.24 bits per heavy atom. The van der Waals surface area contributed by atoms with Crippen LogP contribution in [0.2, 0.25) is 0 Å². The van der Waals surface area contributed by atoms with Crippen LogP contribution in [0.15, 0.2) is 0 Å². The maximum absolute atomic E-state index is 9.74. The molecule has 4 nitrogen and oxygen atoms in total. The van der Waals surface area contributed by atoms with Crippen molar-refractivity contribution in [3.8, 4) is 6.07 Å². The molecule has 1 rings (SSSR count). The van der Waals surface area contributed by atoms with Gasteiger partial charge in [-0.15, -0.1) is 0 Å². The summed E-state index contributed by atoms with van der Waals surface area (Å²) in [6.45, 7) is 7.50. The summed E-state index contributed by atoms with van der Waals surface area (Å²) in [7, 11) is 0. The molecule has 1 heterocycles. The summed E-state index contributed by atoms with van der Waals surface area (Å²) in [6.07, 6.45) is 2.61. The van der Waals surface area contributed by atoms with Gasteiger partial charge in [0.2, 0.25) is 0 Å². The van der Waals surface area contributed by atoms with Crippen LogP contribution in [0.4, 0.5) is 0 Å². The number of rotatable bonds is 6. The van der Waals surface area contributed by atoms with Gasteiger partial charge in [-0.2, -0.15) is 5.26 Å². The molecule has 17 heavy (non-hydrogen) atoms. The lowest BCUT2D eigenvalue weighted by molar-refractivity contribution is 0.0900. The fraction of sp³-hybridized carbons (Fsp3) is 0.923. The van der Waals surface area contributed by atoms with Crippen molar-refractivity contribution in [2.75, 3.05) is 26.2 Å². The highest BCUT2D eigenvalue weighted by Gasteiger charge is 2.27. The first-order valence-electron chi connectivity index (χ1n) is 6.70. The van der Waals surface area contributed by atoms with E-state index in [-0.39, 0.29) is 6.10 Å². The third kappa shape index (κ3) is 5.03. The maximum Gasteiger partial charge on any atom is 0.0866 e. The van der Waals surface area contributed by atoms with E-state index in [1.807, 2.05) is 6.92 Å². The Kier molecular flexibility index (Phi) is 6.49. The van der Waals surface area contributed by atoms with Gasteiger partial charge < -0.3 is 10.4 Å². The fourth-order valence-corrected chi connectivity index (χ4v) is 2.69. The fourth-order valence-electron chi connectivity index (χ4n) is 2.69. The van der Waals surface area contributed by atoms with Crippen LogP contribution in [0.3, 0.4) is 0 Å². The van der Waals surface area contributed by atoms with Gasteiger partial charge in [-0.25, -0.2) is 0 Å².